The fourth-order valence-corrected chi connectivity index (χ4v) is 2.71. The number of nitrogens with zero attached hydrogens (tertiary/aromatic N) is 1. The fraction of sp³-hybridized carbons (Fsp3) is 0.625. The van der Waals surface area contributed by atoms with Gasteiger partial charge in [-0.05, 0) is 43.0 Å². The van der Waals surface area contributed by atoms with Crippen LogP contribution in [0.15, 0.2) is 24.3 Å². The molecule has 0 N–H and O–H groups in total. The normalized spacial score (nSPS) is 27.2. The summed E-state index contributed by atoms with van der Waals surface area (Å²) in [6, 6.07) is 6.26. The van der Waals surface area contributed by atoms with Crippen LogP contribution in [-0.4, -0.2) is 37.8 Å². The Morgan fingerprint density at radius 3 is 2.47 bits per heavy atom. The van der Waals surface area contributed by atoms with E-state index in [0.29, 0.717) is 0 Å². The lowest BCUT2D eigenvalue weighted by molar-refractivity contribution is -0.915. The molecule has 1 aliphatic heterocycles. The zero-order valence-electron chi connectivity index (χ0n) is 12.1. The molecule has 1 aromatic rings. The van der Waals surface area contributed by atoms with Crippen molar-refractivity contribution in [3.05, 3.63) is 30.1 Å². The van der Waals surface area contributed by atoms with Gasteiger partial charge < -0.3 is 9.22 Å². The minimum absolute atomic E-state index is 0.215. The SMILES string of the molecule is CC1CC[N+](C)(CCCOc2ccc(F)cc2)CC1. The molecule has 0 atom stereocenters. The maximum Gasteiger partial charge on any atom is 0.123 e. The second-order valence-corrected chi connectivity index (χ2v) is 6.13. The minimum Gasteiger partial charge on any atom is -0.493 e. The van der Waals surface area contributed by atoms with Gasteiger partial charge in [-0.2, -0.15) is 0 Å². The number of benzene rings is 1. The van der Waals surface area contributed by atoms with E-state index in [1.54, 1.807) is 12.1 Å². The summed E-state index contributed by atoms with van der Waals surface area (Å²) >= 11 is 0. The maximum atomic E-state index is 12.7. The van der Waals surface area contributed by atoms with Gasteiger partial charge >= 0.3 is 0 Å². The zero-order valence-corrected chi connectivity index (χ0v) is 12.1. The molecule has 0 aliphatic carbocycles. The van der Waals surface area contributed by atoms with Crippen LogP contribution in [0.2, 0.25) is 0 Å². The topological polar surface area (TPSA) is 9.23 Å². The van der Waals surface area contributed by atoms with Crippen molar-refractivity contribution >= 4 is 0 Å². The molecule has 19 heavy (non-hydrogen) atoms. The van der Waals surface area contributed by atoms with Gasteiger partial charge in [-0.15, -0.1) is 0 Å². The molecule has 0 amide bonds. The average molecular weight is 266 g/mol. The zero-order chi connectivity index (χ0) is 13.7. The standard InChI is InChI=1S/C16H25FNO/c1-14-8-11-18(2,12-9-14)10-3-13-19-16-6-4-15(17)5-7-16/h4-7,14H,3,8-13H2,1-2H3/q+1. The smallest absolute Gasteiger partial charge is 0.123 e. The van der Waals surface area contributed by atoms with E-state index >= 15 is 0 Å². The quantitative estimate of drug-likeness (QED) is 0.586. The van der Waals surface area contributed by atoms with Crippen molar-refractivity contribution in [2.45, 2.75) is 26.2 Å². The van der Waals surface area contributed by atoms with E-state index < -0.39 is 0 Å². The van der Waals surface area contributed by atoms with Crippen molar-refractivity contribution in [3.63, 3.8) is 0 Å². The van der Waals surface area contributed by atoms with E-state index in [4.69, 9.17) is 4.74 Å². The van der Waals surface area contributed by atoms with Gasteiger partial charge in [0.15, 0.2) is 0 Å². The predicted octanol–water partition coefficient (Wildman–Crippen LogP) is 3.47. The Balaban J connectivity index is 1.67. The van der Waals surface area contributed by atoms with Gasteiger partial charge in [0, 0.05) is 6.42 Å². The van der Waals surface area contributed by atoms with Crippen LogP contribution in [0.25, 0.3) is 0 Å². The molecular weight excluding hydrogens is 241 g/mol. The first kappa shape index (κ1) is 14.3. The predicted molar refractivity (Wildman–Crippen MR) is 75.7 cm³/mol. The lowest BCUT2D eigenvalue weighted by atomic mass is 9.97. The fourth-order valence-electron chi connectivity index (χ4n) is 2.71. The Labute approximate surface area is 115 Å². The van der Waals surface area contributed by atoms with Crippen LogP contribution < -0.4 is 4.74 Å². The first-order chi connectivity index (χ1) is 9.07. The highest BCUT2D eigenvalue weighted by Crippen LogP contribution is 2.21. The van der Waals surface area contributed by atoms with E-state index in [1.807, 2.05) is 0 Å². The highest BCUT2D eigenvalue weighted by atomic mass is 19.1. The van der Waals surface area contributed by atoms with Gasteiger partial charge in [-0.1, -0.05) is 6.92 Å². The highest BCUT2D eigenvalue weighted by Gasteiger charge is 2.27. The summed E-state index contributed by atoms with van der Waals surface area (Å²) in [5, 5.41) is 0. The molecule has 0 spiro atoms. The number of rotatable bonds is 5. The van der Waals surface area contributed by atoms with E-state index in [9.17, 15) is 4.39 Å². The van der Waals surface area contributed by atoms with Crippen molar-refractivity contribution in [1.82, 2.24) is 0 Å². The number of likely N-dealkylation sites (tertiary alicyclic amines) is 1. The van der Waals surface area contributed by atoms with Crippen molar-refractivity contribution in [3.8, 4) is 5.75 Å². The van der Waals surface area contributed by atoms with Crippen molar-refractivity contribution in [1.29, 1.82) is 0 Å². The molecule has 1 fully saturated rings. The number of halogens is 1. The second-order valence-electron chi connectivity index (χ2n) is 6.13. The Hall–Kier alpha value is -1.09. The Morgan fingerprint density at radius 2 is 1.84 bits per heavy atom. The third-order valence-corrected chi connectivity index (χ3v) is 4.25. The molecule has 1 heterocycles. The number of hydrogen-bond acceptors (Lipinski definition) is 1. The third-order valence-electron chi connectivity index (χ3n) is 4.25. The van der Waals surface area contributed by atoms with Crippen LogP contribution in [-0.2, 0) is 0 Å². The van der Waals surface area contributed by atoms with Gasteiger partial charge in [0.25, 0.3) is 0 Å². The van der Waals surface area contributed by atoms with Gasteiger partial charge in [0.05, 0.1) is 33.3 Å². The van der Waals surface area contributed by atoms with Crippen LogP contribution >= 0.6 is 0 Å². The number of piperidine rings is 1. The summed E-state index contributed by atoms with van der Waals surface area (Å²) in [4.78, 5) is 0. The molecule has 3 heteroatoms. The molecule has 0 unspecified atom stereocenters. The van der Waals surface area contributed by atoms with Gasteiger partial charge in [-0.3, -0.25) is 0 Å². The van der Waals surface area contributed by atoms with Gasteiger partial charge in [0.2, 0.25) is 0 Å². The molecule has 0 saturated carbocycles. The summed E-state index contributed by atoms with van der Waals surface area (Å²) in [5.74, 6) is 1.44. The number of hydrogen-bond donors (Lipinski definition) is 0. The highest BCUT2D eigenvalue weighted by molar-refractivity contribution is 5.21. The van der Waals surface area contributed by atoms with E-state index in [-0.39, 0.29) is 5.82 Å². The van der Waals surface area contributed by atoms with Crippen LogP contribution in [0, 0.1) is 11.7 Å². The number of ether oxygens (including phenoxy) is 1. The summed E-state index contributed by atoms with van der Waals surface area (Å²) in [7, 11) is 2.35. The van der Waals surface area contributed by atoms with Crippen LogP contribution in [0.1, 0.15) is 26.2 Å². The molecular formula is C16H25FNO+. The number of quaternary nitrogens is 1. The summed E-state index contributed by atoms with van der Waals surface area (Å²) < 4.78 is 19.6. The Bertz CT molecular complexity index is 382. The first-order valence-corrected chi connectivity index (χ1v) is 7.29. The molecule has 2 nitrogen and oxygen atoms in total. The van der Waals surface area contributed by atoms with E-state index in [1.165, 1.54) is 49.1 Å². The lowest BCUT2D eigenvalue weighted by Crippen LogP contribution is -2.50. The molecule has 2 rings (SSSR count). The molecule has 1 aliphatic rings. The summed E-state index contributed by atoms with van der Waals surface area (Å²) in [5.41, 5.74) is 0. The summed E-state index contributed by atoms with van der Waals surface area (Å²) in [6.45, 7) is 6.82. The van der Waals surface area contributed by atoms with Crippen LogP contribution in [0.5, 0.6) is 5.75 Å². The maximum absolute atomic E-state index is 12.7. The van der Waals surface area contributed by atoms with Crippen molar-refractivity contribution < 1.29 is 13.6 Å². The molecule has 0 aromatic heterocycles. The van der Waals surface area contributed by atoms with Crippen LogP contribution in [0.3, 0.4) is 0 Å². The van der Waals surface area contributed by atoms with E-state index in [0.717, 1.165) is 24.7 Å². The van der Waals surface area contributed by atoms with Gasteiger partial charge in [0.1, 0.15) is 11.6 Å². The first-order valence-electron chi connectivity index (χ1n) is 7.29. The van der Waals surface area contributed by atoms with E-state index in [2.05, 4.69) is 14.0 Å². The Morgan fingerprint density at radius 1 is 1.21 bits per heavy atom. The molecule has 0 radical (unpaired) electrons. The molecule has 0 bridgehead atoms. The Kier molecular flexibility index (Phi) is 4.81. The lowest BCUT2D eigenvalue weighted by Gasteiger charge is -2.39. The monoisotopic (exact) mass is 266 g/mol. The minimum atomic E-state index is -0.215. The third kappa shape index (κ3) is 4.50. The average Bonchev–Trinajstić information content (AvgIpc) is 2.41. The van der Waals surface area contributed by atoms with Crippen molar-refractivity contribution in [2.75, 3.05) is 33.3 Å². The van der Waals surface area contributed by atoms with Crippen LogP contribution in [0.4, 0.5) is 4.39 Å². The summed E-state index contributed by atoms with van der Waals surface area (Å²) in [6.07, 6.45) is 3.74. The van der Waals surface area contributed by atoms with Crippen molar-refractivity contribution in [2.24, 2.45) is 5.92 Å². The largest absolute Gasteiger partial charge is 0.493 e. The molecule has 1 saturated heterocycles. The second kappa shape index (κ2) is 6.38. The molecule has 106 valence electrons. The van der Waals surface area contributed by atoms with Gasteiger partial charge in [-0.25, -0.2) is 4.39 Å². The molecule has 1 aromatic carbocycles.